The molecule has 0 atom stereocenters. The van der Waals surface area contributed by atoms with Gasteiger partial charge in [0, 0.05) is 24.5 Å². The van der Waals surface area contributed by atoms with Gasteiger partial charge in [0.15, 0.2) is 0 Å². The topological polar surface area (TPSA) is 76.8 Å². The van der Waals surface area contributed by atoms with Crippen molar-refractivity contribution in [2.75, 3.05) is 5.32 Å². The van der Waals surface area contributed by atoms with Crippen LogP contribution in [0.15, 0.2) is 48.5 Å². The Kier molecular flexibility index (Phi) is 5.80. The predicted octanol–water partition coefficient (Wildman–Crippen LogP) is 3.95. The SMILES string of the molecule is Cc1ccc(CCC(=O)Nc2ccc(C(C=N)C=N)cc2)cc1. The smallest absolute Gasteiger partial charge is 0.224 e. The van der Waals surface area contributed by atoms with Crippen LogP contribution in [0, 0.1) is 17.7 Å². The normalized spacial score (nSPS) is 11.5. The van der Waals surface area contributed by atoms with Crippen LogP contribution in [0.4, 0.5) is 5.69 Å². The summed E-state index contributed by atoms with van der Waals surface area (Å²) in [5, 5.41) is 17.4. The van der Waals surface area contributed by atoms with Crippen molar-refractivity contribution < 1.29 is 4.79 Å². The Morgan fingerprint density at radius 3 is 2.22 bits per heavy atom. The van der Waals surface area contributed by atoms with Crippen molar-refractivity contribution in [3.05, 3.63) is 65.2 Å². The van der Waals surface area contributed by atoms with E-state index in [1.54, 1.807) is 12.1 Å². The molecular weight excluding hydrogens is 286 g/mol. The summed E-state index contributed by atoms with van der Waals surface area (Å²) in [7, 11) is 0. The van der Waals surface area contributed by atoms with Gasteiger partial charge in [-0.1, -0.05) is 42.0 Å². The number of carbonyl (C=O) groups excluding carboxylic acids is 1. The van der Waals surface area contributed by atoms with Gasteiger partial charge in [-0.05, 0) is 36.6 Å². The zero-order chi connectivity index (χ0) is 16.7. The van der Waals surface area contributed by atoms with Gasteiger partial charge in [-0.2, -0.15) is 0 Å². The Labute approximate surface area is 136 Å². The first-order chi connectivity index (χ1) is 11.1. The van der Waals surface area contributed by atoms with E-state index in [9.17, 15) is 4.79 Å². The molecule has 2 aromatic rings. The maximum absolute atomic E-state index is 12.0. The molecule has 0 aliphatic rings. The third-order valence-corrected chi connectivity index (χ3v) is 3.70. The number of hydrogen-bond donors (Lipinski definition) is 3. The Morgan fingerprint density at radius 1 is 1.04 bits per heavy atom. The Hall–Kier alpha value is -2.75. The third kappa shape index (κ3) is 4.88. The number of rotatable bonds is 7. The van der Waals surface area contributed by atoms with Crippen molar-refractivity contribution in [1.29, 1.82) is 10.8 Å². The molecule has 4 heteroatoms. The van der Waals surface area contributed by atoms with Crippen LogP contribution < -0.4 is 5.32 Å². The minimum atomic E-state index is -0.304. The van der Waals surface area contributed by atoms with Gasteiger partial charge in [0.25, 0.3) is 0 Å². The van der Waals surface area contributed by atoms with E-state index in [0.29, 0.717) is 12.8 Å². The first kappa shape index (κ1) is 16.6. The lowest BCUT2D eigenvalue weighted by molar-refractivity contribution is -0.116. The van der Waals surface area contributed by atoms with Crippen molar-refractivity contribution in [1.82, 2.24) is 0 Å². The minimum absolute atomic E-state index is 0.0195. The van der Waals surface area contributed by atoms with Crippen molar-refractivity contribution in [2.45, 2.75) is 25.7 Å². The fraction of sp³-hybridized carbons (Fsp3) is 0.211. The summed E-state index contributed by atoms with van der Waals surface area (Å²) in [6, 6.07) is 15.5. The molecule has 2 rings (SSSR count). The molecule has 0 radical (unpaired) electrons. The van der Waals surface area contributed by atoms with Crippen LogP contribution >= 0.6 is 0 Å². The van der Waals surface area contributed by atoms with E-state index in [2.05, 4.69) is 17.4 Å². The Morgan fingerprint density at radius 2 is 1.65 bits per heavy atom. The minimum Gasteiger partial charge on any atom is -0.326 e. The summed E-state index contributed by atoms with van der Waals surface area (Å²) in [4.78, 5) is 12.0. The molecule has 2 aromatic carbocycles. The molecule has 0 fully saturated rings. The number of aryl methyl sites for hydroxylation is 2. The second-order valence-corrected chi connectivity index (χ2v) is 5.51. The summed E-state index contributed by atoms with van der Waals surface area (Å²) >= 11 is 0. The lowest BCUT2D eigenvalue weighted by Crippen LogP contribution is -2.12. The number of amides is 1. The number of carbonyl (C=O) groups is 1. The second kappa shape index (κ2) is 8.03. The number of anilines is 1. The molecule has 1 amide bonds. The average molecular weight is 307 g/mol. The monoisotopic (exact) mass is 307 g/mol. The van der Waals surface area contributed by atoms with Gasteiger partial charge in [0.1, 0.15) is 0 Å². The van der Waals surface area contributed by atoms with Crippen LogP contribution in [0.1, 0.15) is 29.0 Å². The van der Waals surface area contributed by atoms with E-state index in [1.165, 1.54) is 18.0 Å². The molecular formula is C19H21N3O. The van der Waals surface area contributed by atoms with E-state index in [-0.39, 0.29) is 11.8 Å². The van der Waals surface area contributed by atoms with E-state index in [4.69, 9.17) is 10.8 Å². The highest BCUT2D eigenvalue weighted by atomic mass is 16.1. The van der Waals surface area contributed by atoms with Crippen LogP contribution in [-0.4, -0.2) is 18.3 Å². The molecule has 0 aliphatic carbocycles. The van der Waals surface area contributed by atoms with Crippen LogP contribution in [-0.2, 0) is 11.2 Å². The molecule has 0 aromatic heterocycles. The zero-order valence-electron chi connectivity index (χ0n) is 13.2. The van der Waals surface area contributed by atoms with Crippen LogP contribution in [0.3, 0.4) is 0 Å². The maximum atomic E-state index is 12.0. The number of nitrogens with one attached hydrogen (secondary N) is 3. The first-order valence-electron chi connectivity index (χ1n) is 7.59. The standard InChI is InChI=1S/C19H21N3O/c1-14-2-4-15(5-3-14)6-11-19(23)22-18-9-7-16(8-10-18)17(12-20)13-21/h2-5,7-10,12-13,17,20-21H,6,11H2,1H3,(H,22,23). The zero-order valence-corrected chi connectivity index (χ0v) is 13.2. The van der Waals surface area contributed by atoms with Gasteiger partial charge < -0.3 is 16.1 Å². The highest BCUT2D eigenvalue weighted by molar-refractivity contribution is 5.91. The van der Waals surface area contributed by atoms with Gasteiger partial charge in [0.05, 0.1) is 5.92 Å². The Balaban J connectivity index is 1.88. The van der Waals surface area contributed by atoms with Gasteiger partial charge >= 0.3 is 0 Å². The quantitative estimate of drug-likeness (QED) is 0.665. The van der Waals surface area contributed by atoms with Crippen LogP contribution in [0.2, 0.25) is 0 Å². The van der Waals surface area contributed by atoms with Crippen LogP contribution in [0.5, 0.6) is 0 Å². The van der Waals surface area contributed by atoms with E-state index in [1.807, 2.05) is 31.2 Å². The van der Waals surface area contributed by atoms with E-state index < -0.39 is 0 Å². The highest BCUT2D eigenvalue weighted by Gasteiger charge is 2.06. The third-order valence-electron chi connectivity index (χ3n) is 3.70. The second-order valence-electron chi connectivity index (χ2n) is 5.51. The lowest BCUT2D eigenvalue weighted by atomic mass is 10.0. The summed E-state index contributed by atoms with van der Waals surface area (Å²) in [6.07, 6.45) is 3.60. The lowest BCUT2D eigenvalue weighted by Gasteiger charge is -2.09. The fourth-order valence-corrected chi connectivity index (χ4v) is 2.27. The average Bonchev–Trinajstić information content (AvgIpc) is 2.57. The summed E-state index contributed by atoms with van der Waals surface area (Å²) in [6.45, 7) is 2.04. The van der Waals surface area contributed by atoms with Gasteiger partial charge in [-0.15, -0.1) is 0 Å². The number of benzene rings is 2. The van der Waals surface area contributed by atoms with E-state index in [0.717, 1.165) is 16.8 Å². The molecule has 0 saturated carbocycles. The van der Waals surface area contributed by atoms with E-state index >= 15 is 0 Å². The van der Waals surface area contributed by atoms with Crippen molar-refractivity contribution in [2.24, 2.45) is 0 Å². The largest absolute Gasteiger partial charge is 0.326 e. The molecule has 0 heterocycles. The molecule has 0 spiro atoms. The van der Waals surface area contributed by atoms with Gasteiger partial charge in [-0.25, -0.2) is 0 Å². The molecule has 23 heavy (non-hydrogen) atoms. The molecule has 118 valence electrons. The highest BCUT2D eigenvalue weighted by Crippen LogP contribution is 2.16. The predicted molar refractivity (Wildman–Crippen MR) is 94.9 cm³/mol. The Bertz CT molecular complexity index is 667. The maximum Gasteiger partial charge on any atom is 0.224 e. The molecule has 0 bridgehead atoms. The molecule has 0 saturated heterocycles. The summed E-state index contributed by atoms with van der Waals surface area (Å²) in [5.74, 6) is -0.324. The van der Waals surface area contributed by atoms with Crippen molar-refractivity contribution in [3.8, 4) is 0 Å². The van der Waals surface area contributed by atoms with Gasteiger partial charge in [0.2, 0.25) is 5.91 Å². The summed E-state index contributed by atoms with van der Waals surface area (Å²) in [5.41, 5.74) is 3.97. The number of hydrogen-bond acceptors (Lipinski definition) is 3. The molecule has 4 nitrogen and oxygen atoms in total. The fourth-order valence-electron chi connectivity index (χ4n) is 2.27. The molecule has 0 aliphatic heterocycles. The van der Waals surface area contributed by atoms with Crippen molar-refractivity contribution >= 4 is 24.0 Å². The molecule has 3 N–H and O–H groups in total. The van der Waals surface area contributed by atoms with Crippen LogP contribution in [0.25, 0.3) is 0 Å². The van der Waals surface area contributed by atoms with Gasteiger partial charge in [-0.3, -0.25) is 4.79 Å². The summed E-state index contributed by atoms with van der Waals surface area (Å²) < 4.78 is 0. The first-order valence-corrected chi connectivity index (χ1v) is 7.59. The van der Waals surface area contributed by atoms with Crippen molar-refractivity contribution in [3.63, 3.8) is 0 Å². The molecule has 0 unspecified atom stereocenters.